The van der Waals surface area contributed by atoms with Crippen LogP contribution in [0.25, 0.3) is 0 Å². The Morgan fingerprint density at radius 1 is 0.931 bits per heavy atom. The zero-order valence-electron chi connectivity index (χ0n) is 16.0. The van der Waals surface area contributed by atoms with Gasteiger partial charge >= 0.3 is 0 Å². The van der Waals surface area contributed by atoms with Gasteiger partial charge in [0.25, 0.3) is 0 Å². The topological polar surface area (TPSA) is 75.9 Å². The summed E-state index contributed by atoms with van der Waals surface area (Å²) in [5, 5.41) is 25.0. The number of hydrogen-bond acceptors (Lipinski definition) is 5. The number of para-hydroxylation sites is 2. The monoisotopic (exact) mass is 392 g/mol. The summed E-state index contributed by atoms with van der Waals surface area (Å²) in [4.78, 5) is 0. The second-order valence-electron chi connectivity index (χ2n) is 8.30. The molecule has 3 N–H and O–H groups in total. The first-order valence-electron chi connectivity index (χ1n) is 10.3. The number of nitrogens with zero attached hydrogens (tertiary/aromatic N) is 1. The standard InChI is InChI=1S/C23H24N2O4/c26-22-20-16-7-8-17(15-6-5-14(15)16)21(20)23(27)25(22)10-9-24-11-13-12-28-18-3-1-2-4-19(18)29-13/h1-8,13-17,24,26-27H,9-12H2. The van der Waals surface area contributed by atoms with Crippen molar-refractivity contribution in [2.75, 3.05) is 19.7 Å². The number of aromatic nitrogens is 1. The van der Waals surface area contributed by atoms with E-state index < -0.39 is 0 Å². The van der Waals surface area contributed by atoms with Crippen molar-refractivity contribution < 1.29 is 19.7 Å². The van der Waals surface area contributed by atoms with Crippen molar-refractivity contribution in [1.82, 2.24) is 9.88 Å². The third-order valence-electron chi connectivity index (χ3n) is 6.76. The molecule has 29 heavy (non-hydrogen) atoms. The van der Waals surface area contributed by atoms with Crippen LogP contribution in [0.1, 0.15) is 23.0 Å². The third-order valence-corrected chi connectivity index (χ3v) is 6.76. The number of hydrogen-bond donors (Lipinski definition) is 3. The maximum absolute atomic E-state index is 10.8. The van der Waals surface area contributed by atoms with E-state index in [-0.39, 0.29) is 29.7 Å². The van der Waals surface area contributed by atoms with Gasteiger partial charge in [0, 0.05) is 42.6 Å². The zero-order valence-corrected chi connectivity index (χ0v) is 16.0. The van der Waals surface area contributed by atoms with Crippen LogP contribution in [0.4, 0.5) is 0 Å². The van der Waals surface area contributed by atoms with E-state index in [1.807, 2.05) is 24.3 Å². The molecule has 5 unspecified atom stereocenters. The molecule has 4 aliphatic carbocycles. The van der Waals surface area contributed by atoms with Crippen LogP contribution in [0.3, 0.4) is 0 Å². The Bertz CT molecular complexity index is 979. The molecule has 0 amide bonds. The summed E-state index contributed by atoms with van der Waals surface area (Å²) in [7, 11) is 0. The lowest BCUT2D eigenvalue weighted by Crippen LogP contribution is -2.39. The summed E-state index contributed by atoms with van der Waals surface area (Å²) < 4.78 is 13.3. The molecule has 0 saturated heterocycles. The fourth-order valence-electron chi connectivity index (χ4n) is 5.28. The quantitative estimate of drug-likeness (QED) is 0.539. The van der Waals surface area contributed by atoms with Gasteiger partial charge in [0.2, 0.25) is 0 Å². The fraction of sp³-hybridized carbons (Fsp3) is 0.391. The highest BCUT2D eigenvalue weighted by Gasteiger charge is 2.49. The number of aromatic hydroxyl groups is 2. The molecular weight excluding hydrogens is 368 g/mol. The van der Waals surface area contributed by atoms with Crippen molar-refractivity contribution in [3.05, 3.63) is 59.7 Å². The lowest BCUT2D eigenvalue weighted by atomic mass is 9.56. The molecule has 0 spiro atoms. The van der Waals surface area contributed by atoms with E-state index in [4.69, 9.17) is 9.47 Å². The minimum Gasteiger partial charge on any atom is -0.494 e. The molecule has 2 bridgehead atoms. The van der Waals surface area contributed by atoms with Gasteiger partial charge in [-0.25, -0.2) is 0 Å². The first kappa shape index (κ1) is 17.0. The Balaban J connectivity index is 1.11. The average molecular weight is 392 g/mol. The number of rotatable bonds is 5. The Hall–Kier alpha value is -2.86. The third kappa shape index (κ3) is 2.45. The molecule has 6 nitrogen and oxygen atoms in total. The van der Waals surface area contributed by atoms with Crippen molar-refractivity contribution in [3.8, 4) is 23.3 Å². The molecule has 7 rings (SSSR count). The van der Waals surface area contributed by atoms with Crippen LogP contribution >= 0.6 is 0 Å². The highest BCUT2D eigenvalue weighted by molar-refractivity contribution is 5.59. The van der Waals surface area contributed by atoms with Gasteiger partial charge in [-0.05, 0) is 24.0 Å². The largest absolute Gasteiger partial charge is 0.494 e. The summed E-state index contributed by atoms with van der Waals surface area (Å²) in [6.07, 6.45) is 8.78. The summed E-state index contributed by atoms with van der Waals surface area (Å²) in [6, 6.07) is 7.68. The van der Waals surface area contributed by atoms with Crippen LogP contribution in [-0.2, 0) is 6.54 Å². The van der Waals surface area contributed by atoms with Crippen LogP contribution in [0.2, 0.25) is 0 Å². The first-order valence-corrected chi connectivity index (χ1v) is 10.3. The number of benzene rings is 1. The van der Waals surface area contributed by atoms with Gasteiger partial charge in [-0.2, -0.15) is 0 Å². The molecule has 0 saturated carbocycles. The summed E-state index contributed by atoms with van der Waals surface area (Å²) in [5.41, 5.74) is 1.84. The van der Waals surface area contributed by atoms with Crippen LogP contribution in [-0.4, -0.2) is 40.6 Å². The Morgan fingerprint density at radius 3 is 2.24 bits per heavy atom. The molecule has 6 heteroatoms. The number of ether oxygens (including phenoxy) is 2. The highest BCUT2D eigenvalue weighted by atomic mass is 16.6. The molecular formula is C23H24N2O4. The van der Waals surface area contributed by atoms with E-state index in [9.17, 15) is 10.2 Å². The normalized spacial score (nSPS) is 30.0. The number of allylic oxidation sites excluding steroid dienone is 4. The van der Waals surface area contributed by atoms with Gasteiger partial charge in [0.05, 0.1) is 0 Å². The molecule has 1 aromatic heterocycles. The van der Waals surface area contributed by atoms with Crippen molar-refractivity contribution in [2.24, 2.45) is 11.8 Å². The van der Waals surface area contributed by atoms with Gasteiger partial charge in [0.15, 0.2) is 23.3 Å². The Morgan fingerprint density at radius 2 is 1.59 bits per heavy atom. The Kier molecular flexibility index (Phi) is 3.71. The van der Waals surface area contributed by atoms with Gasteiger partial charge in [0.1, 0.15) is 12.7 Å². The van der Waals surface area contributed by atoms with Gasteiger partial charge < -0.3 is 25.0 Å². The predicted molar refractivity (Wildman–Crippen MR) is 108 cm³/mol. The smallest absolute Gasteiger partial charge is 0.198 e. The van der Waals surface area contributed by atoms with Crippen molar-refractivity contribution in [1.29, 1.82) is 0 Å². The van der Waals surface area contributed by atoms with Crippen molar-refractivity contribution >= 4 is 0 Å². The van der Waals surface area contributed by atoms with Crippen LogP contribution in [0.5, 0.6) is 23.3 Å². The molecule has 2 heterocycles. The lowest BCUT2D eigenvalue weighted by molar-refractivity contribution is 0.0903. The lowest BCUT2D eigenvalue weighted by Gasteiger charge is -2.47. The van der Waals surface area contributed by atoms with E-state index >= 15 is 0 Å². The second-order valence-corrected chi connectivity index (χ2v) is 8.30. The average Bonchev–Trinajstić information content (AvgIpc) is 2.97. The molecule has 5 aliphatic rings. The van der Waals surface area contributed by atoms with E-state index in [0.717, 1.165) is 22.6 Å². The van der Waals surface area contributed by atoms with Crippen LogP contribution in [0.15, 0.2) is 48.6 Å². The second kappa shape index (κ2) is 6.32. The molecule has 1 aromatic carbocycles. The maximum atomic E-state index is 10.8. The van der Waals surface area contributed by atoms with Crippen LogP contribution in [0, 0.1) is 11.8 Å². The minimum absolute atomic E-state index is 0.0632. The highest BCUT2D eigenvalue weighted by Crippen LogP contribution is 2.61. The maximum Gasteiger partial charge on any atom is 0.198 e. The van der Waals surface area contributed by atoms with Crippen molar-refractivity contribution in [2.45, 2.75) is 24.5 Å². The number of fused-ring (bicyclic) bond motifs is 1. The molecule has 5 atom stereocenters. The predicted octanol–water partition coefficient (Wildman–Crippen LogP) is 2.88. The molecule has 2 aromatic rings. The molecule has 0 radical (unpaired) electrons. The van der Waals surface area contributed by atoms with E-state index in [0.29, 0.717) is 38.1 Å². The first-order chi connectivity index (χ1) is 14.2. The molecule has 0 fully saturated rings. The van der Waals surface area contributed by atoms with E-state index in [2.05, 4.69) is 29.6 Å². The SMILES string of the molecule is Oc1c2c(c(O)n1CCNCC1COc3ccccc3O1)C1C=CC2C2C=CC12. The summed E-state index contributed by atoms with van der Waals surface area (Å²) >= 11 is 0. The van der Waals surface area contributed by atoms with Gasteiger partial charge in [-0.15, -0.1) is 0 Å². The Labute approximate surface area is 169 Å². The molecule has 1 aliphatic heterocycles. The van der Waals surface area contributed by atoms with Crippen molar-refractivity contribution in [3.63, 3.8) is 0 Å². The minimum atomic E-state index is -0.0632. The van der Waals surface area contributed by atoms with E-state index in [1.165, 1.54) is 0 Å². The molecule has 150 valence electrons. The number of nitrogens with one attached hydrogen (secondary N) is 1. The summed E-state index contributed by atoms with van der Waals surface area (Å²) in [5.74, 6) is 3.25. The summed E-state index contributed by atoms with van der Waals surface area (Å²) in [6.45, 7) is 2.25. The van der Waals surface area contributed by atoms with Gasteiger partial charge in [-0.1, -0.05) is 36.4 Å². The van der Waals surface area contributed by atoms with E-state index in [1.54, 1.807) is 4.57 Å². The zero-order chi connectivity index (χ0) is 19.5. The van der Waals surface area contributed by atoms with Gasteiger partial charge in [-0.3, -0.25) is 4.57 Å². The van der Waals surface area contributed by atoms with Crippen LogP contribution < -0.4 is 14.8 Å². The fourth-order valence-corrected chi connectivity index (χ4v) is 5.28.